The van der Waals surface area contributed by atoms with E-state index in [4.69, 9.17) is 18.9 Å². The van der Waals surface area contributed by atoms with Gasteiger partial charge in [0.1, 0.15) is 17.2 Å². The van der Waals surface area contributed by atoms with Crippen LogP contribution in [0.3, 0.4) is 0 Å². The number of ether oxygens (including phenoxy) is 4. The topological polar surface area (TPSA) is 54.0 Å². The van der Waals surface area contributed by atoms with Gasteiger partial charge in [-0.05, 0) is 93.5 Å². The van der Waals surface area contributed by atoms with Gasteiger partial charge in [-0.1, -0.05) is 44.9 Å². The predicted octanol–water partition coefficient (Wildman–Crippen LogP) is 8.10. The fourth-order valence-corrected chi connectivity index (χ4v) is 7.82. The highest BCUT2D eigenvalue weighted by atomic mass is 16.5. The number of unbranched alkanes of at least 4 members (excludes halogenated alkanes) is 2. The van der Waals surface area contributed by atoms with Gasteiger partial charge in [0.2, 0.25) is 0 Å². The molecule has 0 heterocycles. The minimum atomic E-state index is -0.402. The van der Waals surface area contributed by atoms with Crippen LogP contribution in [-0.2, 0) is 16.0 Å². The summed E-state index contributed by atoms with van der Waals surface area (Å²) in [5.74, 6) is 3.83. The quantitative estimate of drug-likeness (QED) is 0.210. The summed E-state index contributed by atoms with van der Waals surface area (Å²) < 4.78 is 22.5. The molecule has 0 N–H and O–H groups in total. The van der Waals surface area contributed by atoms with Crippen molar-refractivity contribution in [1.82, 2.24) is 0 Å². The number of esters is 1. The van der Waals surface area contributed by atoms with E-state index in [-0.39, 0.29) is 11.4 Å². The lowest BCUT2D eigenvalue weighted by Gasteiger charge is -2.57. The first-order chi connectivity index (χ1) is 18.7. The van der Waals surface area contributed by atoms with Crippen molar-refractivity contribution in [2.45, 2.75) is 91.9 Å². The normalized spacial score (nSPS) is 28.1. The van der Waals surface area contributed by atoms with E-state index in [1.54, 1.807) is 26.9 Å². The van der Waals surface area contributed by atoms with Crippen LogP contribution in [0.25, 0.3) is 0 Å². The van der Waals surface area contributed by atoms with Crippen molar-refractivity contribution < 1.29 is 23.7 Å². The second-order valence-electron chi connectivity index (χ2n) is 12.7. The van der Waals surface area contributed by atoms with Crippen molar-refractivity contribution in [3.63, 3.8) is 0 Å². The lowest BCUT2D eigenvalue weighted by atomic mass is 9.47. The molecular formula is C34H50O5. The molecule has 1 aromatic carbocycles. The van der Waals surface area contributed by atoms with Crippen molar-refractivity contribution in [2.24, 2.45) is 28.6 Å². The molecule has 1 aromatic rings. The Labute approximate surface area is 236 Å². The number of hydrogen-bond donors (Lipinski definition) is 0. The molecule has 0 unspecified atom stereocenters. The van der Waals surface area contributed by atoms with Crippen LogP contribution in [0.1, 0.15) is 91.0 Å². The highest BCUT2D eigenvalue weighted by molar-refractivity contribution is 5.77. The van der Waals surface area contributed by atoms with Crippen LogP contribution in [0, 0.1) is 28.6 Å². The highest BCUT2D eigenvalue weighted by Crippen LogP contribution is 2.62. The highest BCUT2D eigenvalue weighted by Gasteiger charge is 2.57. The number of allylic oxidation sites excluding steroid dienone is 4. The summed E-state index contributed by atoms with van der Waals surface area (Å²) in [6.07, 6.45) is 15.2. The maximum atomic E-state index is 13.6. The summed E-state index contributed by atoms with van der Waals surface area (Å²) >= 11 is 0. The van der Waals surface area contributed by atoms with Crippen molar-refractivity contribution >= 4 is 5.97 Å². The minimum absolute atomic E-state index is 0.0167. The van der Waals surface area contributed by atoms with Gasteiger partial charge in [0.25, 0.3) is 0 Å². The van der Waals surface area contributed by atoms with E-state index in [9.17, 15) is 4.79 Å². The van der Waals surface area contributed by atoms with Crippen LogP contribution < -0.4 is 14.2 Å². The van der Waals surface area contributed by atoms with Crippen LogP contribution in [-0.4, -0.2) is 33.9 Å². The smallest absolute Gasteiger partial charge is 0.312 e. The largest absolute Gasteiger partial charge is 0.496 e. The van der Waals surface area contributed by atoms with Crippen molar-refractivity contribution in [3.8, 4) is 17.2 Å². The molecule has 0 radical (unpaired) electrons. The molecular weight excluding hydrogens is 488 g/mol. The van der Waals surface area contributed by atoms with E-state index in [2.05, 4.69) is 39.8 Å². The van der Waals surface area contributed by atoms with E-state index in [1.165, 1.54) is 24.8 Å². The Balaban J connectivity index is 1.32. The third-order valence-corrected chi connectivity index (χ3v) is 10.2. The zero-order valence-electron chi connectivity index (χ0n) is 25.4. The van der Waals surface area contributed by atoms with Gasteiger partial charge >= 0.3 is 5.97 Å². The lowest BCUT2D eigenvalue weighted by Crippen LogP contribution is -2.53. The first-order valence-corrected chi connectivity index (χ1v) is 15.0. The molecule has 5 nitrogen and oxygen atoms in total. The van der Waals surface area contributed by atoms with Gasteiger partial charge in [-0.15, -0.1) is 0 Å². The van der Waals surface area contributed by atoms with Gasteiger partial charge in [-0.3, -0.25) is 4.79 Å². The number of hydrogen-bond acceptors (Lipinski definition) is 5. The number of methoxy groups -OCH3 is 3. The van der Waals surface area contributed by atoms with Gasteiger partial charge in [0.05, 0.1) is 33.4 Å². The average Bonchev–Trinajstić information content (AvgIpc) is 2.93. The summed E-state index contributed by atoms with van der Waals surface area (Å²) in [6, 6.07) is 3.79. The maximum Gasteiger partial charge on any atom is 0.312 e. The summed E-state index contributed by atoms with van der Waals surface area (Å²) in [6.45, 7) is 9.76. The lowest BCUT2D eigenvalue weighted by molar-refractivity contribution is -0.169. The molecule has 4 rings (SSSR count). The third-order valence-electron chi connectivity index (χ3n) is 10.2. The fraction of sp³-hybridized carbons (Fsp3) is 0.676. The Morgan fingerprint density at radius 2 is 1.72 bits per heavy atom. The second-order valence-corrected chi connectivity index (χ2v) is 12.7. The maximum absolute atomic E-state index is 13.6. The van der Waals surface area contributed by atoms with Crippen molar-refractivity contribution in [2.75, 3.05) is 27.9 Å². The molecule has 216 valence electrons. The van der Waals surface area contributed by atoms with Crippen molar-refractivity contribution in [1.29, 1.82) is 0 Å². The molecule has 0 aromatic heterocycles. The van der Waals surface area contributed by atoms with Gasteiger partial charge in [0.15, 0.2) is 0 Å². The van der Waals surface area contributed by atoms with Crippen LogP contribution in [0.15, 0.2) is 35.4 Å². The first-order valence-electron chi connectivity index (χ1n) is 15.0. The number of rotatable bonds is 11. The number of benzene rings is 1. The molecule has 3 aliphatic carbocycles. The van der Waals surface area contributed by atoms with Crippen molar-refractivity contribution in [3.05, 3.63) is 41.0 Å². The molecule has 0 bridgehead atoms. The Kier molecular flexibility index (Phi) is 9.39. The molecule has 1 saturated carbocycles. The summed E-state index contributed by atoms with van der Waals surface area (Å²) in [5.41, 5.74) is 3.94. The third kappa shape index (κ3) is 5.88. The van der Waals surface area contributed by atoms with Gasteiger partial charge in [0, 0.05) is 17.7 Å². The average molecular weight is 539 g/mol. The molecule has 39 heavy (non-hydrogen) atoms. The van der Waals surface area contributed by atoms with E-state index in [0.717, 1.165) is 67.8 Å². The standard InChI is InChI=1S/C34H50O5/c1-23(2)24-13-15-28-25(20-24)14-16-31-33(28,3)17-11-18-34(31,4)32(35)39-19-10-8-9-12-27-29(37-6)21-26(36-5)22-30(27)38-7/h14,20-23,28,31H,8-13,15-19H2,1-7H3/t28-,31+,33+,34+/m0/s1. The summed E-state index contributed by atoms with van der Waals surface area (Å²) in [7, 11) is 4.98. The van der Waals surface area contributed by atoms with Crippen LogP contribution in [0.2, 0.25) is 0 Å². The molecule has 5 heteroatoms. The first kappa shape index (κ1) is 29.6. The fourth-order valence-electron chi connectivity index (χ4n) is 7.82. The van der Waals surface area contributed by atoms with Gasteiger partial charge < -0.3 is 18.9 Å². The SMILES string of the molecule is COc1cc(OC)c(CCCCCOC(=O)[C@]2(C)CCC[C@@]3(C)[C@H]2CC=C2C=C(C(C)C)CC[C@@H]23)c(OC)c1. The van der Waals surface area contributed by atoms with Gasteiger partial charge in [-0.2, -0.15) is 0 Å². The van der Waals surface area contributed by atoms with E-state index in [1.807, 2.05) is 12.1 Å². The van der Waals surface area contributed by atoms with Crippen LogP contribution in [0.4, 0.5) is 0 Å². The summed E-state index contributed by atoms with van der Waals surface area (Å²) in [5, 5.41) is 0. The molecule has 1 fully saturated rings. The molecule has 0 amide bonds. The predicted molar refractivity (Wildman–Crippen MR) is 157 cm³/mol. The minimum Gasteiger partial charge on any atom is -0.496 e. The molecule has 4 atom stereocenters. The molecule has 3 aliphatic rings. The Morgan fingerprint density at radius 3 is 2.36 bits per heavy atom. The zero-order chi connectivity index (χ0) is 28.2. The molecule has 0 saturated heterocycles. The molecule has 0 aliphatic heterocycles. The Morgan fingerprint density at radius 1 is 1.00 bits per heavy atom. The Bertz CT molecular complexity index is 1060. The van der Waals surface area contributed by atoms with E-state index < -0.39 is 5.41 Å². The Hall–Kier alpha value is -2.43. The van der Waals surface area contributed by atoms with Crippen LogP contribution >= 0.6 is 0 Å². The second kappa shape index (κ2) is 12.4. The van der Waals surface area contributed by atoms with E-state index in [0.29, 0.717) is 24.4 Å². The number of carbonyl (C=O) groups is 1. The number of carbonyl (C=O) groups excluding carboxylic acids is 1. The van der Waals surface area contributed by atoms with Gasteiger partial charge in [-0.25, -0.2) is 0 Å². The van der Waals surface area contributed by atoms with E-state index >= 15 is 0 Å². The summed E-state index contributed by atoms with van der Waals surface area (Å²) in [4.78, 5) is 13.6. The molecule has 0 spiro atoms. The zero-order valence-corrected chi connectivity index (χ0v) is 25.4. The van der Waals surface area contributed by atoms with Crippen LogP contribution in [0.5, 0.6) is 17.2 Å². The monoisotopic (exact) mass is 538 g/mol. The number of fused-ring (bicyclic) bond motifs is 3.